The quantitative estimate of drug-likeness (QED) is 0.272. The van der Waals surface area contributed by atoms with Crippen molar-refractivity contribution in [1.29, 1.82) is 0 Å². The highest BCUT2D eigenvalue weighted by atomic mass is 15.0. The molecule has 0 amide bonds. The molecule has 8 aliphatic rings. The summed E-state index contributed by atoms with van der Waals surface area (Å²) in [5.74, 6) is 6.75. The first-order valence-corrected chi connectivity index (χ1v) is 21.8. The van der Waals surface area contributed by atoms with E-state index in [9.17, 15) is 0 Å². The Balaban J connectivity index is 0.951. The fourth-order valence-electron chi connectivity index (χ4n) is 10.7. The Morgan fingerprint density at radius 1 is 0.537 bits per heavy atom. The molecule has 7 aliphatic carbocycles. The van der Waals surface area contributed by atoms with Gasteiger partial charge in [-0.1, -0.05) is 103 Å². The maximum atomic E-state index is 5.40. The molecule has 4 nitrogen and oxygen atoms in total. The van der Waals surface area contributed by atoms with E-state index >= 15 is 0 Å². The number of hydrogen-bond acceptors (Lipinski definition) is 4. The van der Waals surface area contributed by atoms with Gasteiger partial charge in [0.2, 0.25) is 0 Å². The molecule has 0 saturated heterocycles. The molecule has 0 aromatic carbocycles. The molecule has 1 aromatic rings. The van der Waals surface area contributed by atoms with Gasteiger partial charge in [0.15, 0.2) is 5.82 Å². The van der Waals surface area contributed by atoms with Crippen LogP contribution >= 0.6 is 0 Å². The summed E-state index contributed by atoms with van der Waals surface area (Å²) in [4.78, 5) is 16.1. The van der Waals surface area contributed by atoms with Crippen LogP contribution in [0.3, 0.4) is 0 Å². The molecule has 0 bridgehead atoms. The highest BCUT2D eigenvalue weighted by Crippen LogP contribution is 2.44. The van der Waals surface area contributed by atoms with E-state index in [0.29, 0.717) is 41.5 Å². The van der Waals surface area contributed by atoms with Crippen LogP contribution in [0.5, 0.6) is 0 Å². The molecule has 280 valence electrons. The van der Waals surface area contributed by atoms with Crippen molar-refractivity contribution in [3.8, 4) is 0 Å². The van der Waals surface area contributed by atoms with Gasteiger partial charge in [0.05, 0.1) is 0 Å². The predicted molar refractivity (Wildman–Crippen MR) is 223 cm³/mol. The Kier molecular flexibility index (Phi) is 11.1. The fraction of sp³-hybridized carbons (Fsp3) is 0.500. The van der Waals surface area contributed by atoms with E-state index < -0.39 is 0 Å². The van der Waals surface area contributed by atoms with Gasteiger partial charge in [-0.3, -0.25) is 0 Å². The van der Waals surface area contributed by atoms with Crippen LogP contribution in [0.15, 0.2) is 126 Å². The number of nitrogens with zero attached hydrogens (tertiary/aromatic N) is 3. The highest BCUT2D eigenvalue weighted by Gasteiger charge is 2.38. The van der Waals surface area contributed by atoms with Crippen molar-refractivity contribution in [2.24, 2.45) is 29.6 Å². The smallest absolute Gasteiger partial charge is 0.159 e. The van der Waals surface area contributed by atoms with E-state index in [1.807, 2.05) is 0 Å². The molecule has 6 unspecified atom stereocenters. The van der Waals surface area contributed by atoms with Gasteiger partial charge in [-0.2, -0.15) is 0 Å². The molecule has 0 spiro atoms. The Bertz CT molecular complexity index is 1880. The second-order valence-electron chi connectivity index (χ2n) is 17.3. The van der Waals surface area contributed by atoms with Crippen molar-refractivity contribution in [3.05, 3.63) is 143 Å². The lowest BCUT2D eigenvalue weighted by molar-refractivity contribution is 0.213. The Hall–Kier alpha value is -4.05. The second kappa shape index (κ2) is 16.8. The summed E-state index contributed by atoms with van der Waals surface area (Å²) in [6.07, 6.45) is 60.4. The van der Waals surface area contributed by atoms with Gasteiger partial charge in [-0.15, -0.1) is 0 Å². The van der Waals surface area contributed by atoms with Gasteiger partial charge in [0.1, 0.15) is 11.6 Å². The second-order valence-corrected chi connectivity index (χ2v) is 17.3. The molecular weight excluding hydrogens is 657 g/mol. The van der Waals surface area contributed by atoms with Crippen molar-refractivity contribution in [2.75, 3.05) is 0 Å². The van der Waals surface area contributed by atoms with Gasteiger partial charge >= 0.3 is 0 Å². The first kappa shape index (κ1) is 35.6. The summed E-state index contributed by atoms with van der Waals surface area (Å²) in [5, 5.41) is 4.15. The largest absolute Gasteiger partial charge is 0.381 e. The van der Waals surface area contributed by atoms with E-state index in [4.69, 9.17) is 15.0 Å². The third-order valence-corrected chi connectivity index (χ3v) is 13.9. The lowest BCUT2D eigenvalue weighted by Crippen LogP contribution is -2.46. The van der Waals surface area contributed by atoms with Crippen LogP contribution in [0.1, 0.15) is 138 Å². The van der Waals surface area contributed by atoms with Gasteiger partial charge in [-0.25, -0.2) is 15.0 Å². The van der Waals surface area contributed by atoms with Crippen LogP contribution < -0.4 is 5.32 Å². The van der Waals surface area contributed by atoms with Gasteiger partial charge in [0, 0.05) is 29.5 Å². The van der Waals surface area contributed by atoms with Crippen molar-refractivity contribution in [1.82, 2.24) is 20.3 Å². The van der Waals surface area contributed by atoms with Crippen molar-refractivity contribution >= 4 is 5.57 Å². The van der Waals surface area contributed by atoms with Gasteiger partial charge in [0.25, 0.3) is 0 Å². The predicted octanol–water partition coefficient (Wildman–Crippen LogP) is 12.2. The maximum absolute atomic E-state index is 5.40. The molecule has 1 fully saturated rings. The maximum Gasteiger partial charge on any atom is 0.159 e. The van der Waals surface area contributed by atoms with Crippen LogP contribution in [0.25, 0.3) is 5.57 Å². The van der Waals surface area contributed by atoms with Crippen LogP contribution in [0.4, 0.5) is 0 Å². The molecule has 6 atom stereocenters. The van der Waals surface area contributed by atoms with Crippen LogP contribution in [0.2, 0.25) is 0 Å². The third kappa shape index (κ3) is 8.00. The molecule has 54 heavy (non-hydrogen) atoms. The molecule has 4 heteroatoms. The van der Waals surface area contributed by atoms with E-state index in [-0.39, 0.29) is 5.92 Å². The minimum Gasteiger partial charge on any atom is -0.381 e. The number of aromatic nitrogens is 3. The molecule has 1 N–H and O–H groups in total. The number of hydrogen-bond donors (Lipinski definition) is 1. The Morgan fingerprint density at radius 2 is 1.33 bits per heavy atom. The summed E-state index contributed by atoms with van der Waals surface area (Å²) < 4.78 is 0. The van der Waals surface area contributed by atoms with Crippen molar-refractivity contribution in [2.45, 2.75) is 127 Å². The molecular formula is C50H60N4. The Morgan fingerprint density at radius 3 is 2.02 bits per heavy atom. The van der Waals surface area contributed by atoms with Crippen molar-refractivity contribution in [3.63, 3.8) is 0 Å². The first-order valence-electron chi connectivity index (χ1n) is 21.8. The van der Waals surface area contributed by atoms with E-state index in [1.165, 1.54) is 73.8 Å². The molecule has 1 aliphatic heterocycles. The lowest BCUT2D eigenvalue weighted by atomic mass is 9.70. The van der Waals surface area contributed by atoms with Gasteiger partial charge < -0.3 is 5.32 Å². The van der Waals surface area contributed by atoms with Crippen molar-refractivity contribution < 1.29 is 0 Å². The minimum atomic E-state index is 0.271. The Labute approximate surface area is 324 Å². The topological polar surface area (TPSA) is 50.7 Å². The zero-order chi connectivity index (χ0) is 36.1. The number of nitrogens with one attached hydrogen (secondary N) is 1. The van der Waals surface area contributed by atoms with Crippen LogP contribution in [-0.2, 0) is 0 Å². The molecule has 0 radical (unpaired) electrons. The van der Waals surface area contributed by atoms with E-state index in [0.717, 1.165) is 75.3 Å². The fourth-order valence-corrected chi connectivity index (χ4v) is 10.7. The van der Waals surface area contributed by atoms with Gasteiger partial charge in [-0.05, 0) is 155 Å². The summed E-state index contributed by atoms with van der Waals surface area (Å²) >= 11 is 0. The van der Waals surface area contributed by atoms with Crippen LogP contribution in [-0.4, -0.2) is 21.0 Å². The summed E-state index contributed by atoms with van der Waals surface area (Å²) in [6.45, 7) is 0. The summed E-state index contributed by atoms with van der Waals surface area (Å²) in [7, 11) is 0. The third-order valence-electron chi connectivity index (χ3n) is 13.9. The average molecular weight is 717 g/mol. The normalized spacial score (nSPS) is 33.7. The minimum absolute atomic E-state index is 0.271. The zero-order valence-electron chi connectivity index (χ0n) is 32.3. The highest BCUT2D eigenvalue weighted by molar-refractivity contribution is 5.61. The SMILES string of the molecule is C1=CCC(C2C=CC(c3nc(C4=CCC(C5=CCCC=C5)CC4)nc(C4CCC(C5NC(C6=CCCC=C6)=CCC5C5=CCCC=C5)CC4)n3)CC2)C=C1. The molecule has 2 heterocycles. The lowest BCUT2D eigenvalue weighted by Gasteiger charge is -2.42. The van der Waals surface area contributed by atoms with Crippen LogP contribution in [0, 0.1) is 29.6 Å². The van der Waals surface area contributed by atoms with E-state index in [2.05, 4.69) is 109 Å². The zero-order valence-corrected chi connectivity index (χ0v) is 32.3. The standard InChI is InChI=1S/C50H60N4/c1-5-13-35(14-6-1)37-21-27-42(28-22-37)48-52-49(43-29-23-38(24-30-43)36-15-7-2-8-16-36)54-50(53-48)44-31-25-41(26-32-44)47-45(39-17-9-3-10-18-39)33-34-46(51-47)40-19-11-4-12-20-40/h1,5-7,9,11,13,15-21,27,29,34-35,37-38,41-42,44-45,47,51H,2-4,8,10,12,14,22-26,28,30-33H2. The first-order chi connectivity index (χ1) is 26.7. The average Bonchev–Trinajstić information content (AvgIpc) is 3.27. The molecule has 1 saturated carbocycles. The summed E-state index contributed by atoms with van der Waals surface area (Å²) in [5.41, 5.74) is 7.18. The van der Waals surface area contributed by atoms with E-state index in [1.54, 1.807) is 5.57 Å². The molecule has 9 rings (SSSR count). The summed E-state index contributed by atoms with van der Waals surface area (Å²) in [6, 6.07) is 0.463. The monoisotopic (exact) mass is 716 g/mol. The number of allylic oxidation sites excluding steroid dienone is 19. The number of rotatable bonds is 8. The molecule has 1 aromatic heterocycles.